The number of hydrogen-bond donors (Lipinski definition) is 1. The topological polar surface area (TPSA) is 42.2 Å². The lowest BCUT2D eigenvalue weighted by molar-refractivity contribution is -0.689. The molecule has 0 fully saturated rings. The summed E-state index contributed by atoms with van der Waals surface area (Å²) in [4.78, 5) is 13.0. The van der Waals surface area contributed by atoms with Crippen LogP contribution in [0.4, 0.5) is 5.69 Å². The highest BCUT2D eigenvalue weighted by Crippen LogP contribution is 2.21. The minimum absolute atomic E-state index is 0.0223. The summed E-state index contributed by atoms with van der Waals surface area (Å²) in [5.74, 6) is 0.800. The smallest absolute Gasteiger partial charge is 0.228 e. The Balaban J connectivity index is 1.36. The second kappa shape index (κ2) is 17.8. The number of carbonyl (C=O) groups excluding carboxylic acids is 1. The Morgan fingerprint density at radius 2 is 1.42 bits per heavy atom. The van der Waals surface area contributed by atoms with E-state index in [1.165, 1.54) is 76.3 Å². The minimum Gasteiger partial charge on any atom is -0.493 e. The van der Waals surface area contributed by atoms with E-state index in [9.17, 15) is 4.79 Å². The van der Waals surface area contributed by atoms with E-state index in [0.717, 1.165) is 35.5 Å². The van der Waals surface area contributed by atoms with Gasteiger partial charge in [0.05, 0.1) is 24.1 Å². The van der Waals surface area contributed by atoms with Crippen molar-refractivity contribution in [1.29, 1.82) is 0 Å². The molecule has 0 aliphatic rings. The van der Waals surface area contributed by atoms with Crippen LogP contribution in [0, 0.1) is 6.92 Å². The quantitative estimate of drug-likeness (QED) is 0.123. The number of hydrogen-bond acceptors (Lipinski definition) is 3. The molecule has 0 saturated heterocycles. The number of benzene rings is 2. The molecule has 0 unspecified atom stereocenters. The zero-order valence-corrected chi connectivity index (χ0v) is 24.4. The van der Waals surface area contributed by atoms with E-state index in [0.29, 0.717) is 13.0 Å². The molecule has 3 rings (SSSR count). The Labute approximate surface area is 234 Å². The summed E-state index contributed by atoms with van der Waals surface area (Å²) in [5, 5.41) is 5.27. The van der Waals surface area contributed by atoms with Crippen LogP contribution in [-0.4, -0.2) is 12.5 Å². The average Bonchev–Trinajstić information content (AvgIpc) is 3.33. The van der Waals surface area contributed by atoms with Crippen molar-refractivity contribution in [3.63, 3.8) is 0 Å². The number of amides is 1. The monoisotopic (exact) mass is 535 g/mol. The first-order valence-electron chi connectivity index (χ1n) is 14.7. The highest BCUT2D eigenvalue weighted by Gasteiger charge is 2.14. The average molecular weight is 536 g/mol. The van der Waals surface area contributed by atoms with E-state index in [-0.39, 0.29) is 5.91 Å². The largest absolute Gasteiger partial charge is 0.493 e. The molecule has 1 amide bonds. The fourth-order valence-corrected chi connectivity index (χ4v) is 5.54. The Kier molecular flexibility index (Phi) is 14.0. The maximum absolute atomic E-state index is 13.0. The van der Waals surface area contributed by atoms with Crippen LogP contribution in [0.1, 0.15) is 101 Å². The molecule has 0 aliphatic heterocycles. The first-order chi connectivity index (χ1) is 18.7. The SMILES string of the molecule is CCCCCCCCCCCCCCOc1ccccc1CC(=O)Nc1ccccc1C[n+]1cscc1C. The highest BCUT2D eigenvalue weighted by molar-refractivity contribution is 7.07. The van der Waals surface area contributed by atoms with Gasteiger partial charge in [-0.05, 0) is 18.6 Å². The second-order valence-corrected chi connectivity index (χ2v) is 11.1. The standard InChI is InChI=1S/C33H46N2O2S/c1-3-4-5-6-7-8-9-10-11-12-13-18-23-37-32-22-17-15-19-29(32)24-33(36)34-31-21-16-14-20-30(31)25-35-27-38-26-28(35)2/h14-17,19-22,26-27H,3-13,18,23-25H2,1-2H3/p+1. The summed E-state index contributed by atoms with van der Waals surface area (Å²) < 4.78 is 8.31. The van der Waals surface area contributed by atoms with Gasteiger partial charge in [0, 0.05) is 18.1 Å². The van der Waals surface area contributed by atoms with E-state index < -0.39 is 0 Å². The summed E-state index contributed by atoms with van der Waals surface area (Å²) in [7, 11) is 0. The van der Waals surface area contributed by atoms with Crippen molar-refractivity contribution in [2.24, 2.45) is 0 Å². The van der Waals surface area contributed by atoms with Crippen molar-refractivity contribution in [2.75, 3.05) is 11.9 Å². The van der Waals surface area contributed by atoms with Gasteiger partial charge in [-0.3, -0.25) is 4.79 Å². The maximum atomic E-state index is 13.0. The Hall–Kier alpha value is -2.66. The van der Waals surface area contributed by atoms with Crippen molar-refractivity contribution in [3.8, 4) is 5.75 Å². The molecule has 0 bridgehead atoms. The predicted octanol–water partition coefficient (Wildman–Crippen LogP) is 8.65. The molecule has 2 aromatic carbocycles. The zero-order chi connectivity index (χ0) is 26.8. The Morgan fingerprint density at radius 3 is 2.08 bits per heavy atom. The van der Waals surface area contributed by atoms with E-state index >= 15 is 0 Å². The number of nitrogens with one attached hydrogen (secondary N) is 1. The number of unbranched alkanes of at least 4 members (excludes halogenated alkanes) is 11. The summed E-state index contributed by atoms with van der Waals surface area (Å²) in [5.41, 5.74) is 6.23. The van der Waals surface area contributed by atoms with Gasteiger partial charge in [-0.15, -0.1) is 0 Å². The number of para-hydroxylation sites is 2. The van der Waals surface area contributed by atoms with Gasteiger partial charge in [0.25, 0.3) is 0 Å². The van der Waals surface area contributed by atoms with E-state index in [1.807, 2.05) is 42.5 Å². The number of aromatic nitrogens is 1. The van der Waals surface area contributed by atoms with Gasteiger partial charge in [0.1, 0.15) is 5.75 Å². The number of ether oxygens (including phenoxy) is 1. The minimum atomic E-state index is -0.0223. The number of carbonyl (C=O) groups is 1. The molecule has 1 aromatic heterocycles. The summed E-state index contributed by atoms with van der Waals surface area (Å²) >= 11 is 1.69. The van der Waals surface area contributed by atoms with Gasteiger partial charge in [-0.2, -0.15) is 4.57 Å². The Morgan fingerprint density at radius 1 is 0.816 bits per heavy atom. The van der Waals surface area contributed by atoms with Crippen LogP contribution in [-0.2, 0) is 17.8 Å². The molecule has 1 N–H and O–H groups in total. The van der Waals surface area contributed by atoms with Gasteiger partial charge in [0.2, 0.25) is 11.4 Å². The molecule has 3 aromatic rings. The second-order valence-electron chi connectivity index (χ2n) is 10.4. The molecule has 1 heterocycles. The number of thiazole rings is 1. The number of anilines is 1. The first-order valence-corrected chi connectivity index (χ1v) is 15.6. The molecule has 0 radical (unpaired) electrons. The van der Waals surface area contributed by atoms with Gasteiger partial charge in [0.15, 0.2) is 12.2 Å². The molecule has 4 nitrogen and oxygen atoms in total. The lowest BCUT2D eigenvalue weighted by Gasteiger charge is -2.13. The lowest BCUT2D eigenvalue weighted by atomic mass is 10.1. The van der Waals surface area contributed by atoms with Gasteiger partial charge >= 0.3 is 0 Å². The van der Waals surface area contributed by atoms with Crippen molar-refractivity contribution in [1.82, 2.24) is 0 Å². The van der Waals surface area contributed by atoms with Crippen molar-refractivity contribution >= 4 is 22.9 Å². The third-order valence-corrected chi connectivity index (χ3v) is 7.94. The molecule has 5 heteroatoms. The van der Waals surface area contributed by atoms with Crippen LogP contribution in [0.3, 0.4) is 0 Å². The third kappa shape index (κ3) is 11.0. The molecule has 206 valence electrons. The van der Waals surface area contributed by atoms with Crippen molar-refractivity contribution < 1.29 is 14.1 Å². The van der Waals surface area contributed by atoms with Crippen molar-refractivity contribution in [3.05, 3.63) is 76.2 Å². The molecule has 0 aliphatic carbocycles. The van der Waals surface area contributed by atoms with E-state index in [4.69, 9.17) is 4.74 Å². The molecule has 38 heavy (non-hydrogen) atoms. The van der Waals surface area contributed by atoms with Crippen molar-refractivity contribution in [2.45, 2.75) is 104 Å². The number of aryl methyl sites for hydroxylation is 1. The fraction of sp³-hybridized carbons (Fsp3) is 0.515. The van der Waals surface area contributed by atoms with Crippen LogP contribution >= 0.6 is 11.3 Å². The Bertz CT molecular complexity index is 1080. The number of nitrogens with zero attached hydrogens (tertiary/aromatic N) is 1. The van der Waals surface area contributed by atoms with Crippen LogP contribution in [0.25, 0.3) is 0 Å². The number of rotatable bonds is 19. The summed E-state index contributed by atoms with van der Waals surface area (Å²) in [6.07, 6.45) is 16.3. The highest BCUT2D eigenvalue weighted by atomic mass is 32.1. The lowest BCUT2D eigenvalue weighted by Crippen LogP contribution is -2.34. The van der Waals surface area contributed by atoms with Crippen LogP contribution < -0.4 is 14.6 Å². The predicted molar refractivity (Wildman–Crippen MR) is 160 cm³/mol. The third-order valence-electron chi connectivity index (χ3n) is 7.09. The van der Waals surface area contributed by atoms with Gasteiger partial charge < -0.3 is 10.1 Å². The van der Waals surface area contributed by atoms with Crippen LogP contribution in [0.5, 0.6) is 5.75 Å². The van der Waals surface area contributed by atoms with Gasteiger partial charge in [-0.1, -0.05) is 125 Å². The van der Waals surface area contributed by atoms with Crippen LogP contribution in [0.15, 0.2) is 59.4 Å². The van der Waals surface area contributed by atoms with Crippen LogP contribution in [0.2, 0.25) is 0 Å². The molecular formula is C33H47N2O2S+. The molecule has 0 atom stereocenters. The van der Waals surface area contributed by atoms with E-state index in [1.54, 1.807) is 11.3 Å². The normalized spacial score (nSPS) is 11.0. The summed E-state index contributed by atoms with van der Waals surface area (Å²) in [6, 6.07) is 16.0. The summed E-state index contributed by atoms with van der Waals surface area (Å²) in [6.45, 7) is 5.82. The molecular weight excluding hydrogens is 488 g/mol. The van der Waals surface area contributed by atoms with E-state index in [2.05, 4.69) is 40.7 Å². The first kappa shape index (κ1) is 29.9. The molecule has 0 saturated carbocycles. The fourth-order valence-electron chi connectivity index (χ4n) is 4.76. The van der Waals surface area contributed by atoms with Gasteiger partial charge in [-0.25, -0.2) is 0 Å². The zero-order valence-electron chi connectivity index (χ0n) is 23.6. The molecule has 0 spiro atoms. The maximum Gasteiger partial charge on any atom is 0.228 e.